The highest BCUT2D eigenvalue weighted by Gasteiger charge is 2.22. The van der Waals surface area contributed by atoms with Gasteiger partial charge >= 0.3 is 0 Å². The molecule has 0 spiro atoms. The van der Waals surface area contributed by atoms with Crippen LogP contribution in [-0.4, -0.2) is 29.7 Å². The Hall–Kier alpha value is -1.06. The highest BCUT2D eigenvalue weighted by molar-refractivity contribution is 6.42. The molecule has 0 atom stereocenters. The molecule has 0 aliphatic carbocycles. The van der Waals surface area contributed by atoms with Crippen molar-refractivity contribution in [3.8, 4) is 0 Å². The summed E-state index contributed by atoms with van der Waals surface area (Å²) in [4.78, 5) is 24.9. The zero-order valence-corrected chi connectivity index (χ0v) is 10.6. The molecular formula is C12H11Cl2NO2. The van der Waals surface area contributed by atoms with E-state index in [0.717, 1.165) is 6.42 Å². The average Bonchev–Trinajstić information content (AvgIpc) is 2.68. The largest absolute Gasteiger partial charge is 0.335 e. The van der Waals surface area contributed by atoms with Crippen molar-refractivity contribution in [2.24, 2.45) is 0 Å². The number of carbonyl (C=O) groups is 2. The summed E-state index contributed by atoms with van der Waals surface area (Å²) in [6.07, 6.45) is 1.36. The number of likely N-dealkylation sites (tertiary alicyclic amines) is 1. The predicted molar refractivity (Wildman–Crippen MR) is 66.6 cm³/mol. The van der Waals surface area contributed by atoms with Gasteiger partial charge in [-0.05, 0) is 24.6 Å². The first-order valence-corrected chi connectivity index (χ1v) is 6.09. The highest BCUT2D eigenvalue weighted by Crippen LogP contribution is 2.23. The summed E-state index contributed by atoms with van der Waals surface area (Å²) >= 11 is 11.6. The summed E-state index contributed by atoms with van der Waals surface area (Å²) in [5.74, 6) is -0.0720. The van der Waals surface area contributed by atoms with E-state index in [1.807, 2.05) is 0 Å². The number of ketones is 1. The second-order valence-corrected chi connectivity index (χ2v) is 4.79. The maximum atomic E-state index is 11.9. The molecule has 0 unspecified atom stereocenters. The van der Waals surface area contributed by atoms with Gasteiger partial charge in [0.05, 0.1) is 16.6 Å². The first-order chi connectivity index (χ1) is 8.08. The number of amides is 1. The summed E-state index contributed by atoms with van der Waals surface area (Å²) in [6.45, 7) is 0.780. The Bertz CT molecular complexity index is 474. The summed E-state index contributed by atoms with van der Waals surface area (Å²) in [5.41, 5.74) is 0.485. The number of nitrogens with zero attached hydrogens (tertiary/aromatic N) is 1. The SMILES string of the molecule is O=C(CN1CCCC1=O)c1ccc(Cl)c(Cl)c1. The van der Waals surface area contributed by atoms with E-state index in [0.29, 0.717) is 28.6 Å². The number of carbonyl (C=O) groups excluding carboxylic acids is 2. The lowest BCUT2D eigenvalue weighted by molar-refractivity contribution is -0.127. The molecule has 90 valence electrons. The van der Waals surface area contributed by atoms with E-state index >= 15 is 0 Å². The summed E-state index contributed by atoms with van der Waals surface area (Å²) in [6, 6.07) is 4.74. The van der Waals surface area contributed by atoms with E-state index in [-0.39, 0.29) is 18.2 Å². The molecule has 17 heavy (non-hydrogen) atoms. The number of Topliss-reactive ketones (excluding diaryl/α,β-unsaturated/α-hetero) is 1. The van der Waals surface area contributed by atoms with Crippen LogP contribution in [0.3, 0.4) is 0 Å². The van der Waals surface area contributed by atoms with Crippen LogP contribution < -0.4 is 0 Å². The fraction of sp³-hybridized carbons (Fsp3) is 0.333. The van der Waals surface area contributed by atoms with Gasteiger partial charge in [0.15, 0.2) is 5.78 Å². The Morgan fingerprint density at radius 3 is 2.65 bits per heavy atom. The lowest BCUT2D eigenvalue weighted by Gasteiger charge is -2.14. The van der Waals surface area contributed by atoms with Crippen LogP contribution in [0, 0.1) is 0 Å². The van der Waals surface area contributed by atoms with E-state index in [4.69, 9.17) is 23.2 Å². The zero-order chi connectivity index (χ0) is 12.4. The number of hydrogen-bond acceptors (Lipinski definition) is 2. The van der Waals surface area contributed by atoms with Crippen molar-refractivity contribution in [1.29, 1.82) is 0 Å². The second-order valence-electron chi connectivity index (χ2n) is 3.97. The number of hydrogen-bond donors (Lipinski definition) is 0. The minimum absolute atomic E-state index is 0.0402. The molecule has 1 amide bonds. The molecule has 3 nitrogen and oxygen atoms in total. The zero-order valence-electron chi connectivity index (χ0n) is 9.08. The Morgan fingerprint density at radius 1 is 1.29 bits per heavy atom. The molecule has 1 aliphatic rings. The number of benzene rings is 1. The molecule has 1 heterocycles. The normalized spacial score (nSPS) is 15.4. The molecule has 2 rings (SSSR count). The van der Waals surface area contributed by atoms with Gasteiger partial charge in [-0.25, -0.2) is 0 Å². The first-order valence-electron chi connectivity index (χ1n) is 5.34. The molecule has 1 aliphatic heterocycles. The van der Waals surface area contributed by atoms with Gasteiger partial charge in [-0.15, -0.1) is 0 Å². The lowest BCUT2D eigenvalue weighted by Crippen LogP contribution is -2.30. The third-order valence-electron chi connectivity index (χ3n) is 2.75. The maximum absolute atomic E-state index is 11.9. The van der Waals surface area contributed by atoms with Crippen LogP contribution in [0.4, 0.5) is 0 Å². The van der Waals surface area contributed by atoms with Crippen molar-refractivity contribution in [1.82, 2.24) is 4.90 Å². The summed E-state index contributed by atoms with van der Waals surface area (Å²) in [5, 5.41) is 0.769. The molecule has 0 radical (unpaired) electrons. The molecule has 0 aromatic heterocycles. The molecule has 0 saturated carbocycles. The number of rotatable bonds is 3. The van der Waals surface area contributed by atoms with E-state index < -0.39 is 0 Å². The van der Waals surface area contributed by atoms with Crippen molar-refractivity contribution in [3.05, 3.63) is 33.8 Å². The molecular weight excluding hydrogens is 261 g/mol. The smallest absolute Gasteiger partial charge is 0.223 e. The second kappa shape index (κ2) is 5.07. The molecule has 1 aromatic rings. The first kappa shape index (κ1) is 12.4. The van der Waals surface area contributed by atoms with Crippen molar-refractivity contribution >= 4 is 34.9 Å². The topological polar surface area (TPSA) is 37.4 Å². The van der Waals surface area contributed by atoms with Crippen LogP contribution in [-0.2, 0) is 4.79 Å². The molecule has 1 aromatic carbocycles. The van der Waals surface area contributed by atoms with E-state index in [2.05, 4.69) is 0 Å². The van der Waals surface area contributed by atoms with Crippen molar-refractivity contribution in [3.63, 3.8) is 0 Å². The molecule has 0 N–H and O–H groups in total. The van der Waals surface area contributed by atoms with Gasteiger partial charge in [0.1, 0.15) is 0 Å². The third-order valence-corrected chi connectivity index (χ3v) is 3.49. The van der Waals surface area contributed by atoms with Gasteiger partial charge in [-0.2, -0.15) is 0 Å². The van der Waals surface area contributed by atoms with Crippen LogP contribution in [0.15, 0.2) is 18.2 Å². The van der Waals surface area contributed by atoms with Crippen LogP contribution in [0.5, 0.6) is 0 Å². The van der Waals surface area contributed by atoms with Gasteiger partial charge in [0, 0.05) is 18.5 Å². The van der Waals surface area contributed by atoms with E-state index in [1.54, 1.807) is 17.0 Å². The van der Waals surface area contributed by atoms with Gasteiger partial charge in [-0.1, -0.05) is 23.2 Å². The van der Waals surface area contributed by atoms with Crippen LogP contribution >= 0.6 is 23.2 Å². The van der Waals surface area contributed by atoms with Gasteiger partial charge in [0.25, 0.3) is 0 Å². The predicted octanol–water partition coefficient (Wildman–Crippen LogP) is 2.80. The van der Waals surface area contributed by atoms with Crippen molar-refractivity contribution in [2.45, 2.75) is 12.8 Å². The minimum atomic E-state index is -0.112. The van der Waals surface area contributed by atoms with Crippen molar-refractivity contribution < 1.29 is 9.59 Å². The van der Waals surface area contributed by atoms with Gasteiger partial charge < -0.3 is 4.90 Å². The molecule has 5 heteroatoms. The average molecular weight is 272 g/mol. The molecule has 1 saturated heterocycles. The number of halogens is 2. The minimum Gasteiger partial charge on any atom is -0.335 e. The Morgan fingerprint density at radius 2 is 2.06 bits per heavy atom. The lowest BCUT2D eigenvalue weighted by atomic mass is 10.1. The van der Waals surface area contributed by atoms with E-state index in [1.165, 1.54) is 6.07 Å². The fourth-order valence-corrected chi connectivity index (χ4v) is 2.10. The van der Waals surface area contributed by atoms with Crippen LogP contribution in [0.1, 0.15) is 23.2 Å². The maximum Gasteiger partial charge on any atom is 0.223 e. The summed E-state index contributed by atoms with van der Waals surface area (Å²) < 4.78 is 0. The van der Waals surface area contributed by atoms with Crippen molar-refractivity contribution in [2.75, 3.05) is 13.1 Å². The molecule has 1 fully saturated rings. The van der Waals surface area contributed by atoms with Gasteiger partial charge in [0.2, 0.25) is 5.91 Å². The van der Waals surface area contributed by atoms with Gasteiger partial charge in [-0.3, -0.25) is 9.59 Å². The Balaban J connectivity index is 2.09. The monoisotopic (exact) mass is 271 g/mol. The Kier molecular flexibility index (Phi) is 3.69. The van der Waals surface area contributed by atoms with E-state index in [9.17, 15) is 9.59 Å². The highest BCUT2D eigenvalue weighted by atomic mass is 35.5. The fourth-order valence-electron chi connectivity index (χ4n) is 1.81. The summed E-state index contributed by atoms with van der Waals surface area (Å²) in [7, 11) is 0. The third kappa shape index (κ3) is 2.79. The molecule has 0 bridgehead atoms. The standard InChI is InChI=1S/C12H11Cl2NO2/c13-9-4-3-8(6-10(9)14)11(16)7-15-5-1-2-12(15)17/h3-4,6H,1-2,5,7H2. The Labute approximate surface area is 109 Å². The van der Waals surface area contributed by atoms with Crippen LogP contribution in [0.2, 0.25) is 10.0 Å². The quantitative estimate of drug-likeness (QED) is 0.793. The van der Waals surface area contributed by atoms with Crippen LogP contribution in [0.25, 0.3) is 0 Å².